The molecule has 1 saturated carbocycles. The van der Waals surface area contributed by atoms with Gasteiger partial charge in [0.25, 0.3) is 0 Å². The number of nitrogens with zero attached hydrogens (tertiary/aromatic N) is 4. The maximum atomic E-state index is 12.8. The summed E-state index contributed by atoms with van der Waals surface area (Å²) in [6, 6.07) is 6.98. The van der Waals surface area contributed by atoms with E-state index in [1.807, 2.05) is 19.1 Å². The first-order valence-corrected chi connectivity index (χ1v) is 10.7. The molecule has 9 heteroatoms. The molecule has 0 unspecified atom stereocenters. The number of sulfonamides is 1. The summed E-state index contributed by atoms with van der Waals surface area (Å²) in [5.41, 5.74) is 6.84. The fourth-order valence-corrected chi connectivity index (χ4v) is 4.90. The highest BCUT2D eigenvalue weighted by atomic mass is 32.2. The molecule has 8 nitrogen and oxygen atoms in total. The van der Waals surface area contributed by atoms with Crippen molar-refractivity contribution in [3.05, 3.63) is 41.5 Å². The monoisotopic (exact) mass is 391 g/mol. The third-order valence-electron chi connectivity index (χ3n) is 5.51. The van der Waals surface area contributed by atoms with E-state index in [9.17, 15) is 8.42 Å². The van der Waals surface area contributed by atoms with Crippen LogP contribution >= 0.6 is 0 Å². The minimum Gasteiger partial charge on any atom is -0.338 e. The Morgan fingerprint density at radius 3 is 2.41 bits per heavy atom. The molecule has 2 aromatic rings. The topological polar surface area (TPSA) is 106 Å². The Morgan fingerprint density at radius 1 is 1.15 bits per heavy atom. The minimum atomic E-state index is -3.45. The summed E-state index contributed by atoms with van der Waals surface area (Å²) >= 11 is 0. The second-order valence-electron chi connectivity index (χ2n) is 7.51. The molecule has 1 aromatic heterocycles. The number of hydrogen-bond donors (Lipinski definition) is 1. The molecule has 0 radical (unpaired) electrons. The maximum absolute atomic E-state index is 12.8. The van der Waals surface area contributed by atoms with Crippen molar-refractivity contribution in [2.24, 2.45) is 5.73 Å². The van der Waals surface area contributed by atoms with Crippen molar-refractivity contribution >= 4 is 10.0 Å². The molecule has 0 atom stereocenters. The fraction of sp³-hybridized carbons (Fsp3) is 0.556. The SMILES string of the molecule is Cc1ccc(S(=O)(=O)N2CCN(Cc3nc(C4(N)CCC4)no3)CC2)cc1. The van der Waals surface area contributed by atoms with Gasteiger partial charge in [0, 0.05) is 26.2 Å². The molecule has 4 rings (SSSR count). The molecule has 0 bridgehead atoms. The highest BCUT2D eigenvalue weighted by Crippen LogP contribution is 2.36. The molecule has 2 heterocycles. The first-order valence-electron chi connectivity index (χ1n) is 9.28. The molecule has 0 spiro atoms. The first-order chi connectivity index (χ1) is 12.9. The van der Waals surface area contributed by atoms with Gasteiger partial charge >= 0.3 is 0 Å². The Kier molecular flexibility index (Phi) is 4.79. The van der Waals surface area contributed by atoms with E-state index in [-0.39, 0.29) is 0 Å². The van der Waals surface area contributed by atoms with Gasteiger partial charge in [-0.3, -0.25) is 4.90 Å². The number of piperazine rings is 1. The average molecular weight is 391 g/mol. The Morgan fingerprint density at radius 2 is 1.81 bits per heavy atom. The van der Waals surface area contributed by atoms with Crippen LogP contribution in [-0.2, 0) is 22.1 Å². The zero-order valence-corrected chi connectivity index (χ0v) is 16.3. The van der Waals surface area contributed by atoms with Crippen LogP contribution in [0.15, 0.2) is 33.7 Å². The van der Waals surface area contributed by atoms with Gasteiger partial charge in [-0.1, -0.05) is 22.9 Å². The van der Waals surface area contributed by atoms with Gasteiger partial charge in [0.1, 0.15) is 0 Å². The number of aromatic nitrogens is 2. The van der Waals surface area contributed by atoms with E-state index >= 15 is 0 Å². The molecule has 1 aliphatic carbocycles. The van der Waals surface area contributed by atoms with Crippen molar-refractivity contribution in [1.82, 2.24) is 19.3 Å². The van der Waals surface area contributed by atoms with Crippen LogP contribution in [0.2, 0.25) is 0 Å². The Labute approximate surface area is 159 Å². The van der Waals surface area contributed by atoms with Gasteiger partial charge in [0.2, 0.25) is 15.9 Å². The third kappa shape index (κ3) is 3.64. The Hall–Kier alpha value is -1.81. The summed E-state index contributed by atoms with van der Waals surface area (Å²) in [6.45, 7) is 4.58. The van der Waals surface area contributed by atoms with Gasteiger partial charge in [-0.25, -0.2) is 8.42 Å². The summed E-state index contributed by atoms with van der Waals surface area (Å²) in [4.78, 5) is 6.92. The minimum absolute atomic E-state index is 0.344. The van der Waals surface area contributed by atoms with E-state index in [0.717, 1.165) is 24.8 Å². The summed E-state index contributed by atoms with van der Waals surface area (Å²) in [5.74, 6) is 1.13. The van der Waals surface area contributed by atoms with Crippen molar-refractivity contribution in [3.8, 4) is 0 Å². The van der Waals surface area contributed by atoms with Crippen LogP contribution in [-0.4, -0.2) is 53.9 Å². The van der Waals surface area contributed by atoms with Crippen LogP contribution in [0.4, 0.5) is 0 Å². The lowest BCUT2D eigenvalue weighted by Crippen LogP contribution is -2.48. The highest BCUT2D eigenvalue weighted by Gasteiger charge is 2.39. The fourth-order valence-electron chi connectivity index (χ4n) is 3.48. The maximum Gasteiger partial charge on any atom is 0.243 e. The zero-order chi connectivity index (χ0) is 19.1. The van der Waals surface area contributed by atoms with E-state index in [1.54, 1.807) is 12.1 Å². The van der Waals surface area contributed by atoms with E-state index in [2.05, 4.69) is 15.0 Å². The average Bonchev–Trinajstić information content (AvgIpc) is 3.09. The lowest BCUT2D eigenvalue weighted by atomic mass is 9.77. The van der Waals surface area contributed by atoms with Crippen LogP contribution in [0.25, 0.3) is 0 Å². The van der Waals surface area contributed by atoms with Crippen LogP contribution in [0, 0.1) is 6.92 Å². The predicted octanol–water partition coefficient (Wildman–Crippen LogP) is 1.22. The number of rotatable bonds is 5. The normalized spacial score (nSPS) is 21.1. The van der Waals surface area contributed by atoms with Crippen molar-refractivity contribution in [2.45, 2.75) is 43.2 Å². The van der Waals surface area contributed by atoms with Crippen molar-refractivity contribution in [2.75, 3.05) is 26.2 Å². The Balaban J connectivity index is 1.35. The lowest BCUT2D eigenvalue weighted by Gasteiger charge is -2.34. The van der Waals surface area contributed by atoms with E-state index in [4.69, 9.17) is 10.3 Å². The highest BCUT2D eigenvalue weighted by molar-refractivity contribution is 7.89. The molecule has 0 amide bonds. The number of hydrogen-bond acceptors (Lipinski definition) is 7. The van der Waals surface area contributed by atoms with Gasteiger partial charge in [-0.2, -0.15) is 9.29 Å². The summed E-state index contributed by atoms with van der Waals surface area (Å²) in [6.07, 6.45) is 2.88. The third-order valence-corrected chi connectivity index (χ3v) is 7.42. The van der Waals surface area contributed by atoms with E-state index < -0.39 is 15.6 Å². The first kappa shape index (κ1) is 18.5. The second-order valence-corrected chi connectivity index (χ2v) is 9.45. The Bertz CT molecular complexity index is 897. The summed E-state index contributed by atoms with van der Waals surface area (Å²) < 4.78 is 32.4. The van der Waals surface area contributed by atoms with Crippen molar-refractivity contribution in [3.63, 3.8) is 0 Å². The molecule has 146 valence electrons. The second kappa shape index (κ2) is 6.97. The molecule has 1 saturated heterocycles. The molecule has 1 aromatic carbocycles. The molecular weight excluding hydrogens is 366 g/mol. The van der Waals surface area contributed by atoms with Crippen LogP contribution in [0.5, 0.6) is 0 Å². The van der Waals surface area contributed by atoms with Gasteiger partial charge in [-0.05, 0) is 38.3 Å². The van der Waals surface area contributed by atoms with E-state index in [1.165, 1.54) is 4.31 Å². The predicted molar refractivity (Wildman–Crippen MR) is 99.2 cm³/mol. The van der Waals surface area contributed by atoms with Crippen LogP contribution < -0.4 is 5.73 Å². The molecule has 2 aliphatic rings. The van der Waals surface area contributed by atoms with Crippen LogP contribution in [0.1, 0.15) is 36.5 Å². The van der Waals surface area contributed by atoms with Crippen molar-refractivity contribution < 1.29 is 12.9 Å². The number of nitrogens with two attached hydrogens (primary N) is 1. The smallest absolute Gasteiger partial charge is 0.243 e. The van der Waals surface area contributed by atoms with Crippen LogP contribution in [0.3, 0.4) is 0 Å². The molecule has 2 N–H and O–H groups in total. The largest absolute Gasteiger partial charge is 0.338 e. The molecule has 27 heavy (non-hydrogen) atoms. The summed E-state index contributed by atoms with van der Waals surface area (Å²) in [7, 11) is -3.45. The van der Waals surface area contributed by atoms with Crippen molar-refractivity contribution in [1.29, 1.82) is 0 Å². The molecular formula is C18H25N5O3S. The number of benzene rings is 1. The van der Waals surface area contributed by atoms with E-state index in [0.29, 0.717) is 49.3 Å². The van der Waals surface area contributed by atoms with Gasteiger partial charge in [0.15, 0.2) is 5.82 Å². The van der Waals surface area contributed by atoms with Gasteiger partial charge < -0.3 is 10.3 Å². The standard InChI is InChI=1S/C18H25N5O3S/c1-14-3-5-15(6-4-14)27(24,25)23-11-9-22(10-12-23)13-16-20-17(21-26-16)18(19)7-2-8-18/h3-6H,2,7-13,19H2,1H3. The van der Waals surface area contributed by atoms with Gasteiger partial charge in [-0.15, -0.1) is 0 Å². The van der Waals surface area contributed by atoms with Gasteiger partial charge in [0.05, 0.1) is 17.0 Å². The zero-order valence-electron chi connectivity index (χ0n) is 15.5. The summed E-state index contributed by atoms with van der Waals surface area (Å²) in [5, 5.41) is 4.03. The quantitative estimate of drug-likeness (QED) is 0.817. The molecule has 1 aliphatic heterocycles. The number of aryl methyl sites for hydroxylation is 1. The lowest BCUT2D eigenvalue weighted by molar-refractivity contribution is 0.163. The molecule has 2 fully saturated rings.